The van der Waals surface area contributed by atoms with E-state index in [1.807, 2.05) is 19.1 Å². The maximum Gasteiger partial charge on any atom is 0.281 e. The highest BCUT2D eigenvalue weighted by Crippen LogP contribution is 2.06. The van der Waals surface area contributed by atoms with Crippen LogP contribution < -0.4 is 10.9 Å². The zero-order valence-electron chi connectivity index (χ0n) is 11.4. The van der Waals surface area contributed by atoms with Crippen LogP contribution in [0.15, 0.2) is 59.7 Å². The van der Waals surface area contributed by atoms with Crippen molar-refractivity contribution in [3.63, 3.8) is 0 Å². The molecule has 0 unspecified atom stereocenters. The highest BCUT2D eigenvalue weighted by atomic mass is 16.2. The van der Waals surface area contributed by atoms with Gasteiger partial charge in [0.15, 0.2) is 0 Å². The lowest BCUT2D eigenvalue weighted by atomic mass is 10.2. The summed E-state index contributed by atoms with van der Waals surface area (Å²) < 4.78 is 1.43. The number of carbonyl (C=O) groups excluding carboxylic acids is 1. The molecule has 1 aromatic carbocycles. The molecule has 0 saturated heterocycles. The number of fused-ring (bicyclic) bond motifs is 1. The van der Waals surface area contributed by atoms with Crippen molar-refractivity contribution in [1.29, 1.82) is 0 Å². The second-order valence-corrected chi connectivity index (χ2v) is 4.73. The fraction of sp³-hybridized carbons (Fsp3) is 0.0625. The molecular weight excluding hydrogens is 266 g/mol. The zero-order chi connectivity index (χ0) is 14.8. The molecule has 0 aliphatic rings. The van der Waals surface area contributed by atoms with Gasteiger partial charge in [-0.15, -0.1) is 0 Å². The van der Waals surface area contributed by atoms with E-state index in [4.69, 9.17) is 0 Å². The number of aromatic nitrogens is 2. The minimum Gasteiger partial charge on any atom is -0.316 e. The van der Waals surface area contributed by atoms with Gasteiger partial charge in [0.25, 0.3) is 11.5 Å². The molecule has 0 aliphatic heterocycles. The van der Waals surface area contributed by atoms with E-state index < -0.39 is 0 Å². The number of nitrogens with zero attached hydrogens (tertiary/aromatic N) is 2. The summed E-state index contributed by atoms with van der Waals surface area (Å²) in [5.41, 5.74) is 1.84. The largest absolute Gasteiger partial charge is 0.316 e. The van der Waals surface area contributed by atoms with Crippen molar-refractivity contribution in [3.05, 3.63) is 76.3 Å². The van der Waals surface area contributed by atoms with E-state index in [0.717, 1.165) is 5.56 Å². The molecule has 104 valence electrons. The molecule has 0 spiro atoms. The Bertz CT molecular complexity index is 870. The van der Waals surface area contributed by atoms with Crippen LogP contribution in [-0.4, -0.2) is 15.3 Å². The fourth-order valence-electron chi connectivity index (χ4n) is 2.05. The molecule has 21 heavy (non-hydrogen) atoms. The number of hydrogen-bond donors (Lipinski definition) is 1. The van der Waals surface area contributed by atoms with Crippen LogP contribution in [0.4, 0.5) is 5.69 Å². The SMILES string of the molecule is Cc1ccc2ncc(NC(=O)c3ccccc3)c(=O)n2c1. The Balaban J connectivity index is 2.00. The number of anilines is 1. The van der Waals surface area contributed by atoms with Crippen molar-refractivity contribution in [2.24, 2.45) is 0 Å². The van der Waals surface area contributed by atoms with Crippen LogP contribution in [0.2, 0.25) is 0 Å². The summed E-state index contributed by atoms with van der Waals surface area (Å²) in [6.45, 7) is 1.89. The van der Waals surface area contributed by atoms with E-state index in [-0.39, 0.29) is 17.2 Å². The molecule has 0 fully saturated rings. The molecule has 0 atom stereocenters. The van der Waals surface area contributed by atoms with Crippen LogP contribution in [0.1, 0.15) is 15.9 Å². The van der Waals surface area contributed by atoms with Crippen LogP contribution in [-0.2, 0) is 0 Å². The van der Waals surface area contributed by atoms with Gasteiger partial charge >= 0.3 is 0 Å². The molecule has 3 rings (SSSR count). The predicted octanol–water partition coefficient (Wildman–Crippen LogP) is 2.26. The molecule has 1 amide bonds. The number of rotatable bonds is 2. The molecule has 0 bridgehead atoms. The van der Waals surface area contributed by atoms with Gasteiger partial charge in [-0.2, -0.15) is 0 Å². The summed E-state index contributed by atoms with van der Waals surface area (Å²) in [6, 6.07) is 12.4. The summed E-state index contributed by atoms with van der Waals surface area (Å²) >= 11 is 0. The van der Waals surface area contributed by atoms with E-state index in [9.17, 15) is 9.59 Å². The summed E-state index contributed by atoms with van der Waals surface area (Å²) in [5.74, 6) is -0.331. The highest BCUT2D eigenvalue weighted by Gasteiger charge is 2.10. The van der Waals surface area contributed by atoms with Gasteiger partial charge in [-0.25, -0.2) is 4.98 Å². The van der Waals surface area contributed by atoms with Gasteiger partial charge in [0, 0.05) is 11.8 Å². The van der Waals surface area contributed by atoms with Crippen molar-refractivity contribution in [3.8, 4) is 0 Å². The quantitative estimate of drug-likeness (QED) is 0.782. The van der Waals surface area contributed by atoms with Crippen molar-refractivity contribution < 1.29 is 4.79 Å². The maximum absolute atomic E-state index is 12.4. The van der Waals surface area contributed by atoms with E-state index >= 15 is 0 Å². The molecule has 2 aromatic heterocycles. The average Bonchev–Trinajstić information content (AvgIpc) is 2.51. The number of nitrogens with one attached hydrogen (secondary N) is 1. The third kappa shape index (κ3) is 2.53. The zero-order valence-corrected chi connectivity index (χ0v) is 11.4. The van der Waals surface area contributed by atoms with Crippen molar-refractivity contribution in [2.75, 3.05) is 5.32 Å². The Morgan fingerprint density at radius 3 is 2.67 bits per heavy atom. The molecule has 5 nitrogen and oxygen atoms in total. The van der Waals surface area contributed by atoms with Crippen molar-refractivity contribution >= 4 is 17.2 Å². The lowest BCUT2D eigenvalue weighted by Gasteiger charge is -2.07. The first kappa shape index (κ1) is 13.1. The third-order valence-corrected chi connectivity index (χ3v) is 3.13. The number of benzene rings is 1. The number of amides is 1. The second-order valence-electron chi connectivity index (χ2n) is 4.73. The molecule has 2 heterocycles. The molecule has 5 heteroatoms. The Hall–Kier alpha value is -2.95. The van der Waals surface area contributed by atoms with E-state index in [2.05, 4.69) is 10.3 Å². The van der Waals surface area contributed by atoms with E-state index in [1.165, 1.54) is 10.6 Å². The van der Waals surface area contributed by atoms with Crippen LogP contribution >= 0.6 is 0 Å². The van der Waals surface area contributed by atoms with Gasteiger partial charge in [0.2, 0.25) is 0 Å². The van der Waals surface area contributed by atoms with Crippen LogP contribution in [0, 0.1) is 6.92 Å². The van der Waals surface area contributed by atoms with Gasteiger partial charge in [-0.3, -0.25) is 14.0 Å². The average molecular weight is 279 g/mol. The minimum atomic E-state index is -0.331. The Kier molecular flexibility index (Phi) is 3.23. The monoisotopic (exact) mass is 279 g/mol. The lowest BCUT2D eigenvalue weighted by molar-refractivity contribution is 0.102. The Labute approximate surface area is 120 Å². The topological polar surface area (TPSA) is 63.5 Å². The van der Waals surface area contributed by atoms with Crippen LogP contribution in [0.5, 0.6) is 0 Å². The van der Waals surface area contributed by atoms with E-state index in [1.54, 1.807) is 36.5 Å². The lowest BCUT2D eigenvalue weighted by Crippen LogP contribution is -2.23. The predicted molar refractivity (Wildman–Crippen MR) is 80.6 cm³/mol. The molecule has 3 aromatic rings. The number of hydrogen-bond acceptors (Lipinski definition) is 3. The summed E-state index contributed by atoms with van der Waals surface area (Å²) in [4.78, 5) is 28.6. The normalized spacial score (nSPS) is 10.5. The van der Waals surface area contributed by atoms with Gasteiger partial charge < -0.3 is 5.32 Å². The highest BCUT2D eigenvalue weighted by molar-refractivity contribution is 6.04. The standard InChI is InChI=1S/C16H13N3O2/c1-11-7-8-14-17-9-13(16(21)19(14)10-11)18-15(20)12-5-3-2-4-6-12/h2-10H,1H3,(H,18,20). The smallest absolute Gasteiger partial charge is 0.281 e. The second kappa shape index (κ2) is 5.20. The first-order valence-electron chi connectivity index (χ1n) is 6.49. The minimum absolute atomic E-state index is 0.159. The molecule has 1 N–H and O–H groups in total. The van der Waals surface area contributed by atoms with Gasteiger partial charge in [0.05, 0.1) is 6.20 Å². The van der Waals surface area contributed by atoms with Gasteiger partial charge in [-0.1, -0.05) is 24.3 Å². The van der Waals surface area contributed by atoms with Crippen molar-refractivity contribution in [1.82, 2.24) is 9.38 Å². The molecule has 0 radical (unpaired) electrons. The van der Waals surface area contributed by atoms with Gasteiger partial charge in [0.1, 0.15) is 11.3 Å². The molecule has 0 saturated carbocycles. The number of carbonyl (C=O) groups is 1. The molecule has 0 aliphatic carbocycles. The summed E-state index contributed by atoms with van der Waals surface area (Å²) in [5, 5.41) is 2.60. The van der Waals surface area contributed by atoms with Gasteiger partial charge in [-0.05, 0) is 30.7 Å². The third-order valence-electron chi connectivity index (χ3n) is 3.13. The van der Waals surface area contributed by atoms with E-state index in [0.29, 0.717) is 11.2 Å². The number of pyridine rings is 1. The summed E-state index contributed by atoms with van der Waals surface area (Å²) in [7, 11) is 0. The van der Waals surface area contributed by atoms with Crippen LogP contribution in [0.3, 0.4) is 0 Å². The summed E-state index contributed by atoms with van der Waals surface area (Å²) in [6.07, 6.45) is 3.08. The Morgan fingerprint density at radius 2 is 1.90 bits per heavy atom. The first-order chi connectivity index (χ1) is 10.1. The first-order valence-corrected chi connectivity index (χ1v) is 6.49. The fourth-order valence-corrected chi connectivity index (χ4v) is 2.05. The van der Waals surface area contributed by atoms with Crippen LogP contribution in [0.25, 0.3) is 5.65 Å². The molecular formula is C16H13N3O2. The van der Waals surface area contributed by atoms with Crippen molar-refractivity contribution in [2.45, 2.75) is 6.92 Å². The maximum atomic E-state index is 12.4. The number of aryl methyl sites for hydroxylation is 1. The Morgan fingerprint density at radius 1 is 1.14 bits per heavy atom.